The molecule has 0 amide bonds. The van der Waals surface area contributed by atoms with Gasteiger partial charge in [0.1, 0.15) is 0 Å². The number of hydrogen-bond donors (Lipinski definition) is 1. The van der Waals surface area contributed by atoms with Gasteiger partial charge in [-0.2, -0.15) is 0 Å². The Morgan fingerprint density at radius 2 is 2.12 bits per heavy atom. The lowest BCUT2D eigenvalue weighted by Crippen LogP contribution is -2.23. The van der Waals surface area contributed by atoms with E-state index < -0.39 is 0 Å². The van der Waals surface area contributed by atoms with Gasteiger partial charge in [0.25, 0.3) is 0 Å². The van der Waals surface area contributed by atoms with Crippen molar-refractivity contribution < 1.29 is 0 Å². The summed E-state index contributed by atoms with van der Waals surface area (Å²) in [6.45, 7) is 0. The molecular formula is C7H11N. The summed E-state index contributed by atoms with van der Waals surface area (Å²) in [4.78, 5) is 0. The molecule has 2 aliphatic carbocycles. The molecule has 1 nitrogen and oxygen atoms in total. The van der Waals surface area contributed by atoms with E-state index in [2.05, 4.69) is 12.2 Å². The zero-order valence-electron chi connectivity index (χ0n) is 4.88. The predicted octanol–water partition coefficient (Wildman–Crippen LogP) is 0.910. The molecule has 8 heavy (non-hydrogen) atoms. The molecule has 2 N–H and O–H groups in total. The van der Waals surface area contributed by atoms with Crippen LogP contribution in [-0.4, -0.2) is 6.04 Å². The highest BCUT2D eigenvalue weighted by Crippen LogP contribution is 2.37. The third-order valence-corrected chi connectivity index (χ3v) is 2.33. The van der Waals surface area contributed by atoms with Crippen molar-refractivity contribution in [2.75, 3.05) is 0 Å². The Balaban J connectivity index is 2.23. The number of allylic oxidation sites excluding steroid dienone is 1. The van der Waals surface area contributed by atoms with Gasteiger partial charge in [0.2, 0.25) is 0 Å². The first kappa shape index (κ1) is 4.57. The van der Waals surface area contributed by atoms with E-state index in [4.69, 9.17) is 5.73 Å². The average Bonchev–Trinajstić information content (AvgIpc) is 2.23. The average molecular weight is 109 g/mol. The fourth-order valence-corrected chi connectivity index (χ4v) is 1.82. The smallest absolute Gasteiger partial charge is 0.0108 e. The molecule has 44 valence electrons. The molecule has 0 aliphatic heterocycles. The van der Waals surface area contributed by atoms with E-state index in [1.807, 2.05) is 0 Å². The van der Waals surface area contributed by atoms with Crippen molar-refractivity contribution in [1.82, 2.24) is 0 Å². The Hall–Kier alpha value is -0.300. The molecule has 3 atom stereocenters. The fraction of sp³-hybridized carbons (Fsp3) is 0.714. The lowest BCUT2D eigenvalue weighted by molar-refractivity contribution is 0.576. The minimum Gasteiger partial charge on any atom is -0.327 e. The van der Waals surface area contributed by atoms with E-state index in [9.17, 15) is 0 Å². The maximum atomic E-state index is 5.77. The van der Waals surface area contributed by atoms with Crippen LogP contribution in [0.2, 0.25) is 0 Å². The van der Waals surface area contributed by atoms with Crippen molar-refractivity contribution in [3.63, 3.8) is 0 Å². The third-order valence-electron chi connectivity index (χ3n) is 2.33. The molecule has 0 aromatic carbocycles. The van der Waals surface area contributed by atoms with Gasteiger partial charge in [0.05, 0.1) is 0 Å². The summed E-state index contributed by atoms with van der Waals surface area (Å²) in [5.74, 6) is 1.58. The summed E-state index contributed by atoms with van der Waals surface area (Å²) in [6, 6.07) is 0.491. The van der Waals surface area contributed by atoms with Crippen LogP contribution in [0.5, 0.6) is 0 Å². The van der Waals surface area contributed by atoms with Gasteiger partial charge in [0, 0.05) is 6.04 Å². The minimum absolute atomic E-state index is 0.491. The minimum atomic E-state index is 0.491. The lowest BCUT2D eigenvalue weighted by Gasteiger charge is -2.10. The Bertz CT molecular complexity index is 128. The standard InChI is InChI=1S/C7H11N/c8-7-4-5-1-2-6(7)3-5/h1-2,5-7H,3-4,8H2/t5-,6-,7-/m1/s1. The molecule has 0 radical (unpaired) electrons. The molecule has 1 heteroatoms. The van der Waals surface area contributed by atoms with Crippen LogP contribution in [0.25, 0.3) is 0 Å². The topological polar surface area (TPSA) is 26.0 Å². The molecule has 0 heterocycles. The van der Waals surface area contributed by atoms with E-state index in [-0.39, 0.29) is 0 Å². The van der Waals surface area contributed by atoms with Crippen LogP contribution in [0.15, 0.2) is 12.2 Å². The molecule has 2 rings (SSSR count). The molecule has 0 spiro atoms. The number of hydrogen-bond acceptors (Lipinski definition) is 1. The molecule has 0 unspecified atom stereocenters. The molecule has 0 aromatic rings. The van der Waals surface area contributed by atoms with Gasteiger partial charge in [-0.3, -0.25) is 0 Å². The van der Waals surface area contributed by atoms with Crippen molar-refractivity contribution in [1.29, 1.82) is 0 Å². The van der Waals surface area contributed by atoms with E-state index in [0.717, 1.165) is 11.8 Å². The predicted molar refractivity (Wildman–Crippen MR) is 33.3 cm³/mol. The zero-order chi connectivity index (χ0) is 5.56. The fourth-order valence-electron chi connectivity index (χ4n) is 1.82. The first-order valence-corrected chi connectivity index (χ1v) is 3.30. The monoisotopic (exact) mass is 109 g/mol. The Morgan fingerprint density at radius 1 is 1.25 bits per heavy atom. The number of fused-ring (bicyclic) bond motifs is 2. The summed E-state index contributed by atoms with van der Waals surface area (Å²) >= 11 is 0. The van der Waals surface area contributed by atoms with Gasteiger partial charge in [-0.1, -0.05) is 12.2 Å². The molecule has 1 saturated carbocycles. The van der Waals surface area contributed by atoms with Crippen molar-refractivity contribution in [2.24, 2.45) is 17.6 Å². The largest absolute Gasteiger partial charge is 0.327 e. The van der Waals surface area contributed by atoms with Crippen LogP contribution >= 0.6 is 0 Å². The van der Waals surface area contributed by atoms with E-state index in [1.54, 1.807) is 0 Å². The summed E-state index contributed by atoms with van der Waals surface area (Å²) in [5.41, 5.74) is 5.77. The van der Waals surface area contributed by atoms with Crippen LogP contribution in [0.3, 0.4) is 0 Å². The maximum Gasteiger partial charge on any atom is 0.0108 e. The van der Waals surface area contributed by atoms with Gasteiger partial charge in [0.15, 0.2) is 0 Å². The molecule has 2 aliphatic rings. The van der Waals surface area contributed by atoms with E-state index >= 15 is 0 Å². The van der Waals surface area contributed by atoms with Crippen molar-refractivity contribution in [3.8, 4) is 0 Å². The summed E-state index contributed by atoms with van der Waals surface area (Å²) in [6.07, 6.45) is 7.16. The van der Waals surface area contributed by atoms with Crippen molar-refractivity contribution in [2.45, 2.75) is 18.9 Å². The van der Waals surface area contributed by atoms with E-state index in [0.29, 0.717) is 6.04 Å². The first-order valence-electron chi connectivity index (χ1n) is 3.30. The van der Waals surface area contributed by atoms with Crippen LogP contribution < -0.4 is 5.73 Å². The second-order valence-electron chi connectivity index (χ2n) is 2.94. The van der Waals surface area contributed by atoms with Crippen LogP contribution in [0, 0.1) is 11.8 Å². The molecule has 0 aromatic heterocycles. The second-order valence-corrected chi connectivity index (χ2v) is 2.94. The van der Waals surface area contributed by atoms with E-state index in [1.165, 1.54) is 12.8 Å². The van der Waals surface area contributed by atoms with Crippen LogP contribution in [0.1, 0.15) is 12.8 Å². The Labute approximate surface area is 49.6 Å². The van der Waals surface area contributed by atoms with Gasteiger partial charge in [-0.05, 0) is 24.7 Å². The summed E-state index contributed by atoms with van der Waals surface area (Å²) < 4.78 is 0. The van der Waals surface area contributed by atoms with Gasteiger partial charge >= 0.3 is 0 Å². The first-order chi connectivity index (χ1) is 3.86. The SMILES string of the molecule is N[C@@H]1C[C@@H]2C=C[C@@H]1C2. The molecule has 1 fully saturated rings. The van der Waals surface area contributed by atoms with Crippen molar-refractivity contribution in [3.05, 3.63) is 12.2 Å². The quantitative estimate of drug-likeness (QED) is 0.460. The number of rotatable bonds is 0. The van der Waals surface area contributed by atoms with Crippen molar-refractivity contribution >= 4 is 0 Å². The zero-order valence-corrected chi connectivity index (χ0v) is 4.88. The summed E-state index contributed by atoms with van der Waals surface area (Å²) in [7, 11) is 0. The highest BCUT2D eigenvalue weighted by molar-refractivity contribution is 5.11. The third kappa shape index (κ3) is 0.451. The Kier molecular flexibility index (Phi) is 0.770. The van der Waals surface area contributed by atoms with Crippen LogP contribution in [-0.2, 0) is 0 Å². The van der Waals surface area contributed by atoms with Crippen LogP contribution in [0.4, 0.5) is 0 Å². The highest BCUT2D eigenvalue weighted by atomic mass is 14.7. The molecule has 2 bridgehead atoms. The van der Waals surface area contributed by atoms with Gasteiger partial charge in [-0.25, -0.2) is 0 Å². The maximum absolute atomic E-state index is 5.77. The Morgan fingerprint density at radius 3 is 2.38 bits per heavy atom. The van der Waals surface area contributed by atoms with Gasteiger partial charge < -0.3 is 5.73 Å². The highest BCUT2D eigenvalue weighted by Gasteiger charge is 2.32. The normalized spacial score (nSPS) is 50.9. The molecular weight excluding hydrogens is 98.1 g/mol. The summed E-state index contributed by atoms with van der Waals surface area (Å²) in [5, 5.41) is 0. The second kappa shape index (κ2) is 1.35. The van der Waals surface area contributed by atoms with Gasteiger partial charge in [-0.15, -0.1) is 0 Å². The number of nitrogens with two attached hydrogens (primary N) is 1. The molecule has 0 saturated heterocycles. The lowest BCUT2D eigenvalue weighted by atomic mass is 10.0.